The third kappa shape index (κ3) is 1.98. The van der Waals surface area contributed by atoms with Crippen molar-refractivity contribution in [3.05, 3.63) is 30.1 Å². The van der Waals surface area contributed by atoms with Crippen LogP contribution in [0.4, 0.5) is 4.39 Å². The van der Waals surface area contributed by atoms with Crippen LogP contribution in [0.25, 0.3) is 0 Å². The average molecular weight is 181 g/mol. The van der Waals surface area contributed by atoms with Crippen LogP contribution in [0.15, 0.2) is 24.3 Å². The quantitative estimate of drug-likeness (QED) is 0.693. The maximum Gasteiger partial charge on any atom is 0.183 e. The van der Waals surface area contributed by atoms with Gasteiger partial charge in [0.05, 0.1) is 0 Å². The van der Waals surface area contributed by atoms with Gasteiger partial charge in [-0.3, -0.25) is 0 Å². The summed E-state index contributed by atoms with van der Waals surface area (Å²) in [5.74, 6) is 0.0267. The third-order valence-electron chi connectivity index (χ3n) is 2.13. The molecule has 1 aliphatic rings. The molecule has 2 rings (SSSR count). The molecule has 0 N–H and O–H groups in total. The Morgan fingerprint density at radius 3 is 2.54 bits per heavy atom. The standard InChI is InChI=1S/C10H12FNO/c11-9-5-1-2-6-10(9)13-12-7-3-4-8-12/h1-2,5-6H,3-4,7-8H2. The Morgan fingerprint density at radius 1 is 1.15 bits per heavy atom. The minimum atomic E-state index is -0.297. The number of nitrogens with zero attached hydrogens (tertiary/aromatic N) is 1. The molecule has 0 bridgehead atoms. The monoisotopic (exact) mass is 181 g/mol. The molecule has 0 spiro atoms. The molecule has 0 saturated carbocycles. The van der Waals surface area contributed by atoms with E-state index in [1.165, 1.54) is 6.07 Å². The van der Waals surface area contributed by atoms with E-state index in [9.17, 15) is 4.39 Å². The van der Waals surface area contributed by atoms with Crippen molar-refractivity contribution < 1.29 is 9.23 Å². The fraction of sp³-hybridized carbons (Fsp3) is 0.400. The van der Waals surface area contributed by atoms with E-state index in [0.29, 0.717) is 5.75 Å². The maximum absolute atomic E-state index is 13.1. The number of hydrogen-bond donors (Lipinski definition) is 0. The van der Waals surface area contributed by atoms with Crippen molar-refractivity contribution in [1.82, 2.24) is 5.06 Å². The molecule has 0 radical (unpaired) electrons. The van der Waals surface area contributed by atoms with Gasteiger partial charge in [0.2, 0.25) is 0 Å². The Bertz CT molecular complexity index is 284. The van der Waals surface area contributed by atoms with E-state index in [1.54, 1.807) is 23.3 Å². The molecule has 1 heterocycles. The number of para-hydroxylation sites is 1. The first kappa shape index (κ1) is 8.51. The normalized spacial score (nSPS) is 17.6. The van der Waals surface area contributed by atoms with Gasteiger partial charge >= 0.3 is 0 Å². The second-order valence-electron chi connectivity index (χ2n) is 3.16. The summed E-state index contributed by atoms with van der Waals surface area (Å²) in [6.07, 6.45) is 2.27. The van der Waals surface area contributed by atoms with Crippen molar-refractivity contribution in [1.29, 1.82) is 0 Å². The van der Waals surface area contributed by atoms with Crippen molar-refractivity contribution in [2.24, 2.45) is 0 Å². The highest BCUT2D eigenvalue weighted by molar-refractivity contribution is 5.23. The molecule has 0 amide bonds. The minimum absolute atomic E-state index is 0.297. The van der Waals surface area contributed by atoms with Crippen LogP contribution in [0.5, 0.6) is 5.75 Å². The van der Waals surface area contributed by atoms with Crippen molar-refractivity contribution >= 4 is 0 Å². The Hall–Kier alpha value is -1.09. The predicted octanol–water partition coefficient (Wildman–Crippen LogP) is 2.22. The Labute approximate surface area is 76.9 Å². The number of hydroxylamine groups is 2. The fourth-order valence-electron chi connectivity index (χ4n) is 1.44. The van der Waals surface area contributed by atoms with Crippen LogP contribution in [0.2, 0.25) is 0 Å². The fourth-order valence-corrected chi connectivity index (χ4v) is 1.44. The zero-order valence-corrected chi connectivity index (χ0v) is 7.37. The second kappa shape index (κ2) is 3.75. The van der Waals surface area contributed by atoms with E-state index in [4.69, 9.17) is 4.84 Å². The van der Waals surface area contributed by atoms with Gasteiger partial charge in [-0.05, 0) is 25.0 Å². The molecule has 0 aliphatic carbocycles. The molecule has 0 aromatic heterocycles. The minimum Gasteiger partial charge on any atom is -0.403 e. The lowest BCUT2D eigenvalue weighted by molar-refractivity contribution is -0.0381. The van der Waals surface area contributed by atoms with Crippen LogP contribution >= 0.6 is 0 Å². The van der Waals surface area contributed by atoms with Gasteiger partial charge in [-0.25, -0.2) is 4.39 Å². The largest absolute Gasteiger partial charge is 0.403 e. The van der Waals surface area contributed by atoms with Crippen LogP contribution in [0, 0.1) is 5.82 Å². The van der Waals surface area contributed by atoms with Crippen LogP contribution < -0.4 is 4.84 Å². The van der Waals surface area contributed by atoms with Gasteiger partial charge in [-0.15, -0.1) is 5.06 Å². The first-order valence-corrected chi connectivity index (χ1v) is 4.54. The first-order valence-electron chi connectivity index (χ1n) is 4.54. The maximum atomic E-state index is 13.1. The summed E-state index contributed by atoms with van der Waals surface area (Å²) in [4.78, 5) is 5.36. The highest BCUT2D eigenvalue weighted by Crippen LogP contribution is 2.18. The molecule has 1 aromatic rings. The van der Waals surface area contributed by atoms with Gasteiger partial charge in [0, 0.05) is 13.1 Å². The summed E-state index contributed by atoms with van der Waals surface area (Å²) in [5, 5.41) is 1.80. The lowest BCUT2D eigenvalue weighted by Gasteiger charge is -2.15. The molecular weight excluding hydrogens is 169 g/mol. The molecular formula is C10H12FNO. The number of rotatable bonds is 2. The summed E-state index contributed by atoms with van der Waals surface area (Å²) in [7, 11) is 0. The van der Waals surface area contributed by atoms with E-state index in [0.717, 1.165) is 25.9 Å². The van der Waals surface area contributed by atoms with E-state index >= 15 is 0 Å². The SMILES string of the molecule is Fc1ccccc1ON1CCCC1. The average Bonchev–Trinajstić information content (AvgIpc) is 2.61. The number of benzene rings is 1. The molecule has 1 fully saturated rings. The van der Waals surface area contributed by atoms with Crippen LogP contribution in [0.3, 0.4) is 0 Å². The van der Waals surface area contributed by atoms with Gasteiger partial charge in [0.1, 0.15) is 0 Å². The second-order valence-corrected chi connectivity index (χ2v) is 3.16. The van der Waals surface area contributed by atoms with Crippen molar-refractivity contribution in [2.75, 3.05) is 13.1 Å². The van der Waals surface area contributed by atoms with E-state index in [1.807, 2.05) is 0 Å². The lowest BCUT2D eigenvalue weighted by Crippen LogP contribution is -2.23. The molecule has 1 saturated heterocycles. The topological polar surface area (TPSA) is 12.5 Å². The Kier molecular flexibility index (Phi) is 2.45. The molecule has 1 aliphatic heterocycles. The van der Waals surface area contributed by atoms with Crippen molar-refractivity contribution in [3.8, 4) is 5.75 Å². The van der Waals surface area contributed by atoms with Crippen molar-refractivity contribution in [2.45, 2.75) is 12.8 Å². The molecule has 70 valence electrons. The molecule has 0 unspecified atom stereocenters. The van der Waals surface area contributed by atoms with E-state index in [2.05, 4.69) is 0 Å². The number of halogens is 1. The zero-order valence-electron chi connectivity index (χ0n) is 7.37. The predicted molar refractivity (Wildman–Crippen MR) is 47.8 cm³/mol. The van der Waals surface area contributed by atoms with E-state index in [-0.39, 0.29) is 5.82 Å². The zero-order chi connectivity index (χ0) is 9.10. The van der Waals surface area contributed by atoms with Crippen LogP contribution in [0.1, 0.15) is 12.8 Å². The Morgan fingerprint density at radius 2 is 1.85 bits per heavy atom. The Balaban J connectivity index is 2.04. The first-order chi connectivity index (χ1) is 6.36. The van der Waals surface area contributed by atoms with Crippen LogP contribution in [-0.4, -0.2) is 18.2 Å². The highest BCUT2D eigenvalue weighted by atomic mass is 19.1. The van der Waals surface area contributed by atoms with Crippen LogP contribution in [-0.2, 0) is 0 Å². The van der Waals surface area contributed by atoms with Gasteiger partial charge in [0.15, 0.2) is 11.6 Å². The van der Waals surface area contributed by atoms with Crippen molar-refractivity contribution in [3.63, 3.8) is 0 Å². The molecule has 0 atom stereocenters. The molecule has 3 heteroatoms. The lowest BCUT2D eigenvalue weighted by atomic mass is 10.3. The summed E-state index contributed by atoms with van der Waals surface area (Å²) in [5.41, 5.74) is 0. The smallest absolute Gasteiger partial charge is 0.183 e. The summed E-state index contributed by atoms with van der Waals surface area (Å²) >= 11 is 0. The van der Waals surface area contributed by atoms with Gasteiger partial charge in [-0.1, -0.05) is 12.1 Å². The summed E-state index contributed by atoms with van der Waals surface area (Å²) in [6.45, 7) is 1.79. The highest BCUT2D eigenvalue weighted by Gasteiger charge is 2.14. The molecule has 13 heavy (non-hydrogen) atoms. The van der Waals surface area contributed by atoms with Gasteiger partial charge in [-0.2, -0.15) is 0 Å². The molecule has 2 nitrogen and oxygen atoms in total. The number of hydrogen-bond acceptors (Lipinski definition) is 2. The van der Waals surface area contributed by atoms with E-state index < -0.39 is 0 Å². The third-order valence-corrected chi connectivity index (χ3v) is 2.13. The molecule has 1 aromatic carbocycles. The summed E-state index contributed by atoms with van der Waals surface area (Å²) in [6, 6.07) is 6.49. The summed E-state index contributed by atoms with van der Waals surface area (Å²) < 4.78 is 13.1. The van der Waals surface area contributed by atoms with Gasteiger partial charge in [0.25, 0.3) is 0 Å². The van der Waals surface area contributed by atoms with Gasteiger partial charge < -0.3 is 4.84 Å².